The van der Waals surface area contributed by atoms with Crippen LogP contribution in [0.5, 0.6) is 11.5 Å². The molecule has 1 aromatic heterocycles. The van der Waals surface area contributed by atoms with Crippen molar-refractivity contribution in [2.75, 3.05) is 58.4 Å². The molecular formula is C34H43N5O2. The summed E-state index contributed by atoms with van der Waals surface area (Å²) in [4.78, 5) is 10.3. The van der Waals surface area contributed by atoms with E-state index in [1.165, 1.54) is 22.4 Å². The molecule has 0 bridgehead atoms. The van der Waals surface area contributed by atoms with Crippen LogP contribution in [0.2, 0.25) is 0 Å². The zero-order chi connectivity index (χ0) is 28.5. The van der Waals surface area contributed by atoms with Crippen molar-refractivity contribution in [2.24, 2.45) is 7.05 Å². The van der Waals surface area contributed by atoms with Crippen LogP contribution in [0.4, 0.5) is 5.69 Å². The number of benzene rings is 3. The van der Waals surface area contributed by atoms with E-state index in [0.29, 0.717) is 17.7 Å². The summed E-state index contributed by atoms with van der Waals surface area (Å²) in [6, 6.07) is 20.6. The number of aryl methyl sites for hydroxylation is 1. The fourth-order valence-electron chi connectivity index (χ4n) is 6.52. The van der Waals surface area contributed by atoms with Gasteiger partial charge in [-0.25, -0.2) is 4.98 Å². The van der Waals surface area contributed by atoms with E-state index in [-0.39, 0.29) is 0 Å². The van der Waals surface area contributed by atoms with Gasteiger partial charge in [0.15, 0.2) is 11.5 Å². The Balaban J connectivity index is 1.38. The molecule has 3 heterocycles. The molecule has 3 aromatic carbocycles. The number of imidazole rings is 1. The van der Waals surface area contributed by atoms with Crippen LogP contribution in [0, 0.1) is 0 Å². The van der Waals surface area contributed by atoms with Crippen LogP contribution in [0.3, 0.4) is 0 Å². The normalized spacial score (nSPS) is 17.0. The van der Waals surface area contributed by atoms with Crippen LogP contribution in [0.15, 0.2) is 54.6 Å². The fraction of sp³-hybridized carbons (Fsp3) is 0.441. The Hall–Kier alpha value is -3.55. The highest BCUT2D eigenvalue weighted by molar-refractivity contribution is 5.89. The second-order valence-electron chi connectivity index (χ2n) is 11.7. The molecule has 0 radical (unpaired) electrons. The third kappa shape index (κ3) is 5.41. The first-order chi connectivity index (χ1) is 20.0. The summed E-state index contributed by atoms with van der Waals surface area (Å²) in [5.74, 6) is 2.85. The average molecular weight is 554 g/mol. The molecule has 0 amide bonds. The predicted octanol–water partition coefficient (Wildman–Crippen LogP) is 5.92. The first-order valence-corrected chi connectivity index (χ1v) is 15.0. The molecule has 0 spiro atoms. The maximum Gasteiger partial charge on any atom is 0.161 e. The van der Waals surface area contributed by atoms with E-state index in [2.05, 4.69) is 83.0 Å². The van der Waals surface area contributed by atoms with Crippen LogP contribution in [0.1, 0.15) is 38.2 Å². The minimum Gasteiger partial charge on any atom is -0.493 e. The van der Waals surface area contributed by atoms with E-state index in [9.17, 15) is 0 Å². The van der Waals surface area contributed by atoms with Gasteiger partial charge in [0.1, 0.15) is 5.82 Å². The standard InChI is InChI=1S/C34H43N5O2/c1-23(2)38-16-18-39(19-17-38)28-9-6-24(7-10-28)27-20-29(25-12-14-35-15-13-25)33-30(21-27)37(3)34(36-33)26-8-11-31(40-4)32(22-26)41-5/h6-11,20-23,25,35H,12-19H2,1-5H3. The van der Waals surface area contributed by atoms with E-state index in [4.69, 9.17) is 14.5 Å². The second kappa shape index (κ2) is 11.7. The molecular weight excluding hydrogens is 510 g/mol. The van der Waals surface area contributed by atoms with Gasteiger partial charge in [0.05, 0.1) is 25.3 Å². The third-order valence-electron chi connectivity index (χ3n) is 9.05. The molecule has 41 heavy (non-hydrogen) atoms. The first-order valence-electron chi connectivity index (χ1n) is 15.0. The number of hydrogen-bond donors (Lipinski definition) is 1. The SMILES string of the molecule is COc1ccc(-c2nc3c(C4CCNCC4)cc(-c4ccc(N5CCN(C(C)C)CC5)cc4)cc3n2C)cc1OC. The number of methoxy groups -OCH3 is 2. The topological polar surface area (TPSA) is 54.8 Å². The zero-order valence-corrected chi connectivity index (χ0v) is 25.1. The monoisotopic (exact) mass is 553 g/mol. The van der Waals surface area contributed by atoms with Crippen molar-refractivity contribution in [3.8, 4) is 34.0 Å². The van der Waals surface area contributed by atoms with Gasteiger partial charge in [-0.1, -0.05) is 12.1 Å². The van der Waals surface area contributed by atoms with E-state index in [0.717, 1.165) is 80.3 Å². The Labute approximate surface area is 244 Å². The summed E-state index contributed by atoms with van der Waals surface area (Å²) in [6.45, 7) is 11.1. The Morgan fingerprint density at radius 3 is 2.15 bits per heavy atom. The molecule has 0 aliphatic carbocycles. The summed E-state index contributed by atoms with van der Waals surface area (Å²) < 4.78 is 13.3. The van der Waals surface area contributed by atoms with Crippen LogP contribution in [-0.2, 0) is 7.05 Å². The Bertz CT molecular complexity index is 1500. The Kier molecular flexibility index (Phi) is 7.91. The van der Waals surface area contributed by atoms with Crippen LogP contribution in [0.25, 0.3) is 33.5 Å². The molecule has 2 saturated heterocycles. The molecule has 1 N–H and O–H groups in total. The molecule has 2 aliphatic heterocycles. The summed E-state index contributed by atoms with van der Waals surface area (Å²) in [5, 5.41) is 3.53. The van der Waals surface area contributed by atoms with Crippen LogP contribution >= 0.6 is 0 Å². The molecule has 2 aliphatic rings. The lowest BCUT2D eigenvalue weighted by Crippen LogP contribution is -2.48. The van der Waals surface area contributed by atoms with Crippen molar-refractivity contribution in [1.29, 1.82) is 0 Å². The largest absolute Gasteiger partial charge is 0.493 e. The number of nitrogens with one attached hydrogen (secondary N) is 1. The van der Waals surface area contributed by atoms with Gasteiger partial charge in [0.25, 0.3) is 0 Å². The van der Waals surface area contributed by atoms with Gasteiger partial charge < -0.3 is 24.3 Å². The lowest BCUT2D eigenvalue weighted by atomic mass is 9.87. The highest BCUT2D eigenvalue weighted by atomic mass is 16.5. The summed E-state index contributed by atoms with van der Waals surface area (Å²) in [6.07, 6.45) is 2.25. The smallest absolute Gasteiger partial charge is 0.161 e. The molecule has 216 valence electrons. The number of hydrogen-bond acceptors (Lipinski definition) is 6. The number of piperidine rings is 1. The zero-order valence-electron chi connectivity index (χ0n) is 25.1. The van der Waals surface area contributed by atoms with Gasteiger partial charge in [-0.3, -0.25) is 4.90 Å². The van der Waals surface area contributed by atoms with E-state index >= 15 is 0 Å². The van der Waals surface area contributed by atoms with Gasteiger partial charge in [0, 0.05) is 50.5 Å². The average Bonchev–Trinajstić information content (AvgIpc) is 3.36. The van der Waals surface area contributed by atoms with Gasteiger partial charge in [-0.15, -0.1) is 0 Å². The van der Waals surface area contributed by atoms with Crippen molar-refractivity contribution in [1.82, 2.24) is 19.8 Å². The summed E-state index contributed by atoms with van der Waals surface area (Å²) in [5.41, 5.74) is 8.45. The van der Waals surface area contributed by atoms with Crippen LogP contribution < -0.4 is 19.7 Å². The number of ether oxygens (including phenoxy) is 2. The lowest BCUT2D eigenvalue weighted by molar-refractivity contribution is 0.209. The minimum absolute atomic E-state index is 0.489. The summed E-state index contributed by atoms with van der Waals surface area (Å²) in [7, 11) is 5.46. The minimum atomic E-state index is 0.489. The van der Waals surface area contributed by atoms with Crippen molar-refractivity contribution >= 4 is 16.7 Å². The van der Waals surface area contributed by atoms with Gasteiger partial charge >= 0.3 is 0 Å². The highest BCUT2D eigenvalue weighted by Gasteiger charge is 2.24. The number of aromatic nitrogens is 2. The number of rotatable bonds is 7. The molecule has 7 heteroatoms. The van der Waals surface area contributed by atoms with Gasteiger partial charge in [0.2, 0.25) is 0 Å². The van der Waals surface area contributed by atoms with E-state index < -0.39 is 0 Å². The fourth-order valence-corrected chi connectivity index (χ4v) is 6.52. The van der Waals surface area contributed by atoms with Crippen molar-refractivity contribution < 1.29 is 9.47 Å². The maximum absolute atomic E-state index is 5.60. The maximum atomic E-state index is 5.60. The number of fused-ring (bicyclic) bond motifs is 1. The van der Waals surface area contributed by atoms with Crippen molar-refractivity contribution in [3.05, 3.63) is 60.2 Å². The third-order valence-corrected chi connectivity index (χ3v) is 9.05. The second-order valence-corrected chi connectivity index (χ2v) is 11.7. The molecule has 0 saturated carbocycles. The van der Waals surface area contributed by atoms with Gasteiger partial charge in [-0.05, 0) is 105 Å². The molecule has 6 rings (SSSR count). The van der Waals surface area contributed by atoms with Crippen molar-refractivity contribution in [3.63, 3.8) is 0 Å². The molecule has 0 atom stereocenters. The van der Waals surface area contributed by atoms with Crippen LogP contribution in [-0.4, -0.2) is 74.0 Å². The lowest BCUT2D eigenvalue weighted by Gasteiger charge is -2.38. The van der Waals surface area contributed by atoms with E-state index in [1.54, 1.807) is 14.2 Å². The highest BCUT2D eigenvalue weighted by Crippen LogP contribution is 2.39. The molecule has 4 aromatic rings. The Morgan fingerprint density at radius 1 is 0.805 bits per heavy atom. The Morgan fingerprint density at radius 2 is 1.49 bits per heavy atom. The quantitative estimate of drug-likeness (QED) is 0.307. The van der Waals surface area contributed by atoms with Crippen molar-refractivity contribution in [2.45, 2.75) is 38.6 Å². The summed E-state index contributed by atoms with van der Waals surface area (Å²) >= 11 is 0. The molecule has 0 unspecified atom stereocenters. The van der Waals surface area contributed by atoms with Gasteiger partial charge in [-0.2, -0.15) is 0 Å². The number of anilines is 1. The molecule has 2 fully saturated rings. The first kappa shape index (κ1) is 27.6. The molecule has 7 nitrogen and oxygen atoms in total. The van der Waals surface area contributed by atoms with E-state index in [1.807, 2.05) is 12.1 Å². The predicted molar refractivity (Wildman–Crippen MR) is 168 cm³/mol. The number of piperazine rings is 1. The number of nitrogens with zero attached hydrogens (tertiary/aromatic N) is 4.